The van der Waals surface area contributed by atoms with E-state index >= 15 is 0 Å². The summed E-state index contributed by atoms with van der Waals surface area (Å²) in [6.07, 6.45) is 14.3. The van der Waals surface area contributed by atoms with Crippen LogP contribution in [0.3, 0.4) is 0 Å². The van der Waals surface area contributed by atoms with E-state index in [9.17, 15) is 48.7 Å². The standard InChI is InChI=1S/C41H50N4O12S4/c1-41(2)32-28-31(61(54,55)56)18-19-33(32)43(25-11-4-8-16-40(48)57-45-37(46)21-22-38(45)47)36(41)14-6-3-7-15-39-44(26-12-13-27-59(49,50)51)34-20-17-30(29-35(34)58-39)60(52,53)42-23-9-5-10-24-42/h3,6-7,14-15,17-20,28-29H,4-5,8-13,16,21-27H2,1-2H3,(H-,49,50,51,54,55,56)/p+1. The van der Waals surface area contributed by atoms with Crippen LogP contribution in [0.5, 0.6) is 0 Å². The molecule has 0 saturated carbocycles. The van der Waals surface area contributed by atoms with Crippen LogP contribution in [0, 0.1) is 0 Å². The highest BCUT2D eigenvalue weighted by molar-refractivity contribution is 7.89. The Balaban J connectivity index is 1.21. The number of hydroxylamine groups is 2. The summed E-state index contributed by atoms with van der Waals surface area (Å²) in [5.74, 6) is -2.12. The quantitative estimate of drug-likeness (QED) is 0.0516. The zero-order valence-electron chi connectivity index (χ0n) is 34.1. The number of benzene rings is 2. The van der Waals surface area contributed by atoms with Crippen molar-refractivity contribution in [3.05, 3.63) is 77.0 Å². The van der Waals surface area contributed by atoms with Gasteiger partial charge in [-0.25, -0.2) is 13.2 Å². The summed E-state index contributed by atoms with van der Waals surface area (Å²) in [5.41, 5.74) is 2.41. The Labute approximate surface area is 360 Å². The molecule has 3 aromatic rings. The van der Waals surface area contributed by atoms with Gasteiger partial charge in [0, 0.05) is 74.3 Å². The number of aromatic nitrogens is 1. The number of amides is 2. The Hall–Kier alpha value is -4.31. The lowest BCUT2D eigenvalue weighted by molar-refractivity contribution is -0.669. The van der Waals surface area contributed by atoms with Gasteiger partial charge in [-0.15, -0.1) is 5.06 Å². The first-order chi connectivity index (χ1) is 28.8. The number of nitrogens with zero attached hydrogens (tertiary/aromatic N) is 4. The Morgan fingerprint density at radius 3 is 2.25 bits per heavy atom. The van der Waals surface area contributed by atoms with Crippen molar-refractivity contribution in [1.82, 2.24) is 9.37 Å². The Morgan fingerprint density at radius 1 is 0.852 bits per heavy atom. The minimum Gasteiger partial charge on any atom is -0.344 e. The van der Waals surface area contributed by atoms with Crippen LogP contribution >= 0.6 is 11.3 Å². The zero-order valence-corrected chi connectivity index (χ0v) is 37.3. The highest BCUT2D eigenvalue weighted by Crippen LogP contribution is 2.48. The van der Waals surface area contributed by atoms with Crippen molar-refractivity contribution in [3.8, 4) is 0 Å². The van der Waals surface area contributed by atoms with Gasteiger partial charge in [-0.05, 0) is 74.1 Å². The molecule has 0 aliphatic carbocycles. The SMILES string of the molecule is CC1(C)\C(=C/C=C/C=C/c2sc3cc(S(=O)(=O)N4CCCCC4)ccc3[n+]2CCCCS(=O)(=O)O)N(CCCCCC(=O)ON2C(=O)CCC2=O)c2ccc(S(=O)(=O)O)cc21. The van der Waals surface area contributed by atoms with Gasteiger partial charge in [0.15, 0.2) is 6.54 Å². The molecule has 2 N–H and O–H groups in total. The monoisotopic (exact) mass is 919 g/mol. The number of carbonyl (C=O) groups excluding carboxylic acids is 3. The number of sulfonamides is 1. The summed E-state index contributed by atoms with van der Waals surface area (Å²) in [5, 5.41) is 1.33. The Bertz CT molecular complexity index is 2590. The second-order valence-corrected chi connectivity index (χ2v) is 21.8. The number of hydrogen-bond donors (Lipinski definition) is 2. The third-order valence-corrected chi connectivity index (χ3v) is 15.7. The number of imide groups is 1. The van der Waals surface area contributed by atoms with Gasteiger partial charge in [-0.1, -0.05) is 56.3 Å². The van der Waals surface area contributed by atoms with Gasteiger partial charge < -0.3 is 9.74 Å². The molecule has 16 nitrogen and oxygen atoms in total. The Kier molecular flexibility index (Phi) is 14.4. The summed E-state index contributed by atoms with van der Waals surface area (Å²) < 4.78 is 97.3. The first-order valence-corrected chi connectivity index (χ1v) is 25.5. The first-order valence-electron chi connectivity index (χ1n) is 20.2. The fraction of sp³-hybridized carbons (Fsp3) is 0.463. The molecule has 6 rings (SSSR count). The predicted octanol–water partition coefficient (Wildman–Crippen LogP) is 5.70. The molecule has 61 heavy (non-hydrogen) atoms. The van der Waals surface area contributed by atoms with Crippen molar-refractivity contribution in [3.63, 3.8) is 0 Å². The van der Waals surface area contributed by atoms with Gasteiger partial charge in [0.1, 0.15) is 4.70 Å². The van der Waals surface area contributed by atoms with Gasteiger partial charge in [0.25, 0.3) is 37.1 Å². The molecular formula is C41H51N4O12S4+. The predicted molar refractivity (Wildman–Crippen MR) is 229 cm³/mol. The van der Waals surface area contributed by atoms with Crippen LogP contribution in [0.15, 0.2) is 76.2 Å². The largest absolute Gasteiger partial charge is 0.344 e. The number of aryl methyl sites for hydroxylation is 1. The molecule has 0 spiro atoms. The van der Waals surface area contributed by atoms with Crippen LogP contribution < -0.4 is 9.47 Å². The molecule has 0 atom stereocenters. The van der Waals surface area contributed by atoms with E-state index in [0.717, 1.165) is 45.9 Å². The van der Waals surface area contributed by atoms with Gasteiger partial charge in [-0.2, -0.15) is 25.7 Å². The molecule has 2 saturated heterocycles. The number of allylic oxidation sites excluding steroid dienone is 5. The number of anilines is 1. The molecule has 20 heteroatoms. The van der Waals surface area contributed by atoms with Gasteiger partial charge in [0.05, 0.1) is 15.5 Å². The van der Waals surface area contributed by atoms with Crippen molar-refractivity contribution in [1.29, 1.82) is 0 Å². The summed E-state index contributed by atoms with van der Waals surface area (Å²) >= 11 is 1.40. The lowest BCUT2D eigenvalue weighted by Gasteiger charge is -2.27. The number of unbranched alkanes of at least 4 members (excludes halogenated alkanes) is 3. The van der Waals surface area contributed by atoms with Crippen LogP contribution in [0.4, 0.5) is 5.69 Å². The summed E-state index contributed by atoms with van der Waals surface area (Å²) in [6, 6.07) is 9.54. The minimum absolute atomic E-state index is 0.0118. The van der Waals surface area contributed by atoms with Crippen molar-refractivity contribution >= 4 is 81.4 Å². The molecule has 1 aromatic heterocycles. The summed E-state index contributed by atoms with van der Waals surface area (Å²) in [6.45, 7) is 5.79. The van der Waals surface area contributed by atoms with Gasteiger partial charge >= 0.3 is 5.97 Å². The molecule has 2 fully saturated rings. The normalized spacial score (nSPS) is 18.4. The van der Waals surface area contributed by atoms with Crippen LogP contribution in [-0.2, 0) is 61.4 Å². The van der Waals surface area contributed by atoms with E-state index in [0.29, 0.717) is 62.5 Å². The highest BCUT2D eigenvalue weighted by atomic mass is 32.2. The maximum Gasteiger partial charge on any atom is 0.333 e. The Morgan fingerprint density at radius 2 is 1.56 bits per heavy atom. The van der Waals surface area contributed by atoms with Gasteiger partial charge in [0.2, 0.25) is 15.5 Å². The van der Waals surface area contributed by atoms with Crippen molar-refractivity contribution in [2.45, 2.75) is 106 Å². The second-order valence-electron chi connectivity index (χ2n) is 15.8. The lowest BCUT2D eigenvalue weighted by atomic mass is 9.83. The van der Waals surface area contributed by atoms with Crippen LogP contribution in [0.25, 0.3) is 16.3 Å². The molecular weight excluding hydrogens is 869 g/mol. The zero-order chi connectivity index (χ0) is 44.2. The lowest BCUT2D eigenvalue weighted by Crippen LogP contribution is -2.36. The topological polar surface area (TPSA) is 217 Å². The van der Waals surface area contributed by atoms with Gasteiger partial charge in [-0.3, -0.25) is 18.7 Å². The second kappa shape index (κ2) is 19.0. The molecule has 3 aliphatic rings. The van der Waals surface area contributed by atoms with Crippen LogP contribution in [-0.4, -0.2) is 86.9 Å². The smallest absolute Gasteiger partial charge is 0.333 e. The number of carbonyl (C=O) groups is 3. The number of fused-ring (bicyclic) bond motifs is 2. The maximum absolute atomic E-state index is 13.5. The molecule has 330 valence electrons. The fourth-order valence-electron chi connectivity index (χ4n) is 7.84. The molecule has 4 heterocycles. The van der Waals surface area contributed by atoms with E-state index in [1.807, 2.05) is 48.8 Å². The van der Waals surface area contributed by atoms with Crippen molar-refractivity contribution in [2.75, 3.05) is 30.3 Å². The average Bonchev–Trinajstić information content (AvgIpc) is 3.79. The molecule has 0 radical (unpaired) electrons. The molecule has 2 amide bonds. The number of rotatable bonds is 18. The van der Waals surface area contributed by atoms with Crippen molar-refractivity contribution < 1.29 is 58.1 Å². The number of hydrogen-bond acceptors (Lipinski definition) is 12. The maximum atomic E-state index is 13.5. The third kappa shape index (κ3) is 11.0. The van der Waals surface area contributed by atoms with Crippen LogP contribution in [0.1, 0.15) is 95.0 Å². The highest BCUT2D eigenvalue weighted by Gasteiger charge is 2.40. The summed E-state index contributed by atoms with van der Waals surface area (Å²) in [4.78, 5) is 42.9. The number of thiazole rings is 1. The average molecular weight is 920 g/mol. The third-order valence-electron chi connectivity index (χ3n) is 11.0. The van der Waals surface area contributed by atoms with E-state index in [4.69, 9.17) is 4.84 Å². The molecule has 0 bridgehead atoms. The van der Waals surface area contributed by atoms with E-state index in [1.165, 1.54) is 27.8 Å². The molecule has 2 aromatic carbocycles. The van der Waals surface area contributed by atoms with Crippen LogP contribution in [0.2, 0.25) is 0 Å². The van der Waals surface area contributed by atoms with E-state index in [2.05, 4.69) is 4.90 Å². The summed E-state index contributed by atoms with van der Waals surface area (Å²) in [7, 11) is -12.3. The minimum atomic E-state index is -4.47. The first kappa shape index (κ1) is 46.2. The van der Waals surface area contributed by atoms with Crippen molar-refractivity contribution in [2.24, 2.45) is 0 Å². The van der Waals surface area contributed by atoms with E-state index in [-0.39, 0.29) is 41.2 Å². The van der Waals surface area contributed by atoms with E-state index < -0.39 is 53.5 Å². The number of piperidine rings is 1. The fourth-order valence-corrected chi connectivity index (χ4v) is 11.7. The molecule has 3 aliphatic heterocycles. The molecule has 0 unspecified atom stereocenters. The van der Waals surface area contributed by atoms with E-state index in [1.54, 1.807) is 24.3 Å².